The van der Waals surface area contributed by atoms with E-state index in [1.807, 2.05) is 24.3 Å². The number of nitrogens with zero attached hydrogens (tertiary/aromatic N) is 2. The van der Waals surface area contributed by atoms with Gasteiger partial charge in [-0.25, -0.2) is 4.98 Å². The molecule has 1 aliphatic rings. The summed E-state index contributed by atoms with van der Waals surface area (Å²) in [5, 5.41) is 0.605. The van der Waals surface area contributed by atoms with E-state index in [1.54, 1.807) is 19.2 Å². The van der Waals surface area contributed by atoms with Crippen LogP contribution in [0.4, 0.5) is 11.8 Å². The van der Waals surface area contributed by atoms with Crippen molar-refractivity contribution in [3.63, 3.8) is 0 Å². The van der Waals surface area contributed by atoms with Gasteiger partial charge in [0.05, 0.1) is 10.9 Å². The summed E-state index contributed by atoms with van der Waals surface area (Å²) in [5.41, 5.74) is 13.2. The van der Waals surface area contributed by atoms with Crippen molar-refractivity contribution in [1.82, 2.24) is 9.97 Å². The third-order valence-electron chi connectivity index (χ3n) is 4.28. The molecule has 28 heavy (non-hydrogen) atoms. The first-order chi connectivity index (χ1) is 13.7. The minimum absolute atomic E-state index is 0.111. The van der Waals surface area contributed by atoms with Crippen molar-refractivity contribution in [3.05, 3.63) is 42.0 Å². The highest BCUT2D eigenvalue weighted by Crippen LogP contribution is 2.36. The van der Waals surface area contributed by atoms with Crippen LogP contribution in [-0.4, -0.2) is 37.3 Å². The van der Waals surface area contributed by atoms with Crippen molar-refractivity contribution in [2.24, 2.45) is 0 Å². The van der Waals surface area contributed by atoms with Gasteiger partial charge < -0.3 is 35.2 Å². The molecule has 0 amide bonds. The van der Waals surface area contributed by atoms with E-state index >= 15 is 0 Å². The van der Waals surface area contributed by atoms with E-state index in [-0.39, 0.29) is 32.0 Å². The third-order valence-corrected chi connectivity index (χ3v) is 4.28. The second kappa shape index (κ2) is 7.75. The first kappa shape index (κ1) is 18.1. The highest BCUT2D eigenvalue weighted by Gasteiger charge is 2.20. The van der Waals surface area contributed by atoms with Gasteiger partial charge in [-0.15, -0.1) is 0 Å². The van der Waals surface area contributed by atoms with Gasteiger partial charge >= 0.3 is 0 Å². The molecule has 1 unspecified atom stereocenters. The summed E-state index contributed by atoms with van der Waals surface area (Å²) in [4.78, 5) is 8.22. The molecule has 2 aromatic carbocycles. The van der Waals surface area contributed by atoms with Crippen molar-refractivity contribution in [3.8, 4) is 17.2 Å². The van der Waals surface area contributed by atoms with Crippen LogP contribution in [0.5, 0.6) is 17.2 Å². The Morgan fingerprint density at radius 2 is 1.96 bits per heavy atom. The van der Waals surface area contributed by atoms with Crippen molar-refractivity contribution >= 4 is 22.7 Å². The molecule has 0 bridgehead atoms. The third kappa shape index (κ3) is 3.57. The zero-order valence-corrected chi connectivity index (χ0v) is 15.3. The lowest BCUT2D eigenvalue weighted by atomic mass is 10.1. The first-order valence-electron chi connectivity index (χ1n) is 8.60. The van der Waals surface area contributed by atoms with Gasteiger partial charge in [0.2, 0.25) is 12.7 Å². The number of fused-ring (bicyclic) bond motifs is 2. The molecule has 0 fully saturated rings. The molecule has 4 N–H and O–H groups in total. The summed E-state index contributed by atoms with van der Waals surface area (Å²) in [6, 6.07) is 11.0. The van der Waals surface area contributed by atoms with Crippen LogP contribution in [0.15, 0.2) is 36.4 Å². The fraction of sp³-hybridized carbons (Fsp3) is 0.263. The second-order valence-corrected chi connectivity index (χ2v) is 6.10. The number of hydrogen-bond acceptors (Lipinski definition) is 9. The SMILES string of the molecule is COCOC(COc1cccc2nc(N)nc(N)c12)c1ccc2c(c1)OCO2. The Hall–Kier alpha value is -3.30. The zero-order valence-electron chi connectivity index (χ0n) is 15.3. The van der Waals surface area contributed by atoms with Gasteiger partial charge in [-0.05, 0) is 29.8 Å². The summed E-state index contributed by atoms with van der Waals surface area (Å²) in [6.07, 6.45) is -0.402. The van der Waals surface area contributed by atoms with Gasteiger partial charge in [0, 0.05) is 7.11 Å². The molecule has 4 rings (SSSR count). The van der Waals surface area contributed by atoms with Crippen molar-refractivity contribution in [2.75, 3.05) is 38.8 Å². The Kier molecular flexibility index (Phi) is 5.00. The fourth-order valence-corrected chi connectivity index (χ4v) is 2.99. The smallest absolute Gasteiger partial charge is 0.231 e. The zero-order chi connectivity index (χ0) is 19.5. The van der Waals surface area contributed by atoms with Crippen LogP contribution < -0.4 is 25.7 Å². The molecule has 2 heterocycles. The van der Waals surface area contributed by atoms with Crippen LogP contribution in [-0.2, 0) is 9.47 Å². The predicted octanol–water partition coefficient (Wildman–Crippen LogP) is 2.26. The lowest BCUT2D eigenvalue weighted by Crippen LogP contribution is -2.16. The van der Waals surface area contributed by atoms with Gasteiger partial charge in [-0.1, -0.05) is 12.1 Å². The van der Waals surface area contributed by atoms with E-state index in [2.05, 4.69) is 9.97 Å². The monoisotopic (exact) mass is 384 g/mol. The quantitative estimate of drug-likeness (QED) is 0.590. The van der Waals surface area contributed by atoms with E-state index in [9.17, 15) is 0 Å². The summed E-state index contributed by atoms with van der Waals surface area (Å²) in [6.45, 7) is 0.531. The average Bonchev–Trinajstić information content (AvgIpc) is 3.15. The highest BCUT2D eigenvalue weighted by molar-refractivity contribution is 5.94. The van der Waals surface area contributed by atoms with E-state index in [1.165, 1.54) is 0 Å². The van der Waals surface area contributed by atoms with Crippen LogP contribution in [0.25, 0.3) is 10.9 Å². The van der Waals surface area contributed by atoms with Crippen molar-refractivity contribution in [2.45, 2.75) is 6.10 Å². The lowest BCUT2D eigenvalue weighted by molar-refractivity contribution is -0.0855. The number of benzene rings is 2. The molecule has 3 aromatic rings. The summed E-state index contributed by atoms with van der Waals surface area (Å²) >= 11 is 0. The van der Waals surface area contributed by atoms with Gasteiger partial charge in [0.1, 0.15) is 31.1 Å². The minimum atomic E-state index is -0.402. The molecular formula is C19H20N4O5. The van der Waals surface area contributed by atoms with Crippen LogP contribution in [0.3, 0.4) is 0 Å². The largest absolute Gasteiger partial charge is 0.490 e. The molecule has 0 radical (unpaired) electrons. The Labute approximate surface area is 161 Å². The molecule has 9 nitrogen and oxygen atoms in total. The number of nitrogen functional groups attached to an aromatic ring is 2. The molecule has 0 spiro atoms. The second-order valence-electron chi connectivity index (χ2n) is 6.10. The number of nitrogens with two attached hydrogens (primary N) is 2. The van der Waals surface area contributed by atoms with E-state index < -0.39 is 6.10 Å². The predicted molar refractivity (Wildman–Crippen MR) is 102 cm³/mol. The Morgan fingerprint density at radius 3 is 2.82 bits per heavy atom. The van der Waals surface area contributed by atoms with Crippen LogP contribution in [0.1, 0.15) is 11.7 Å². The van der Waals surface area contributed by atoms with E-state index in [0.717, 1.165) is 5.56 Å². The van der Waals surface area contributed by atoms with E-state index in [0.29, 0.717) is 28.2 Å². The Morgan fingerprint density at radius 1 is 1.11 bits per heavy atom. The number of aromatic nitrogens is 2. The molecule has 1 atom stereocenters. The average molecular weight is 384 g/mol. The number of rotatable bonds is 7. The number of hydrogen-bond donors (Lipinski definition) is 2. The molecule has 146 valence electrons. The minimum Gasteiger partial charge on any atom is -0.490 e. The maximum atomic E-state index is 6.02. The topological polar surface area (TPSA) is 124 Å². The Bertz CT molecular complexity index is 997. The number of ether oxygens (including phenoxy) is 5. The summed E-state index contributed by atoms with van der Waals surface area (Å²) in [7, 11) is 1.56. The van der Waals surface area contributed by atoms with Crippen LogP contribution in [0.2, 0.25) is 0 Å². The van der Waals surface area contributed by atoms with Crippen LogP contribution >= 0.6 is 0 Å². The molecular weight excluding hydrogens is 364 g/mol. The van der Waals surface area contributed by atoms with Crippen LogP contribution in [0, 0.1) is 0 Å². The van der Waals surface area contributed by atoms with Gasteiger partial charge in [0.25, 0.3) is 0 Å². The maximum Gasteiger partial charge on any atom is 0.231 e. The summed E-state index contributed by atoms with van der Waals surface area (Å²) in [5.74, 6) is 2.29. The molecule has 0 saturated carbocycles. The van der Waals surface area contributed by atoms with Gasteiger partial charge in [-0.3, -0.25) is 0 Å². The highest BCUT2D eigenvalue weighted by atomic mass is 16.7. The lowest BCUT2D eigenvalue weighted by Gasteiger charge is -2.19. The van der Waals surface area contributed by atoms with E-state index in [4.69, 9.17) is 35.2 Å². The maximum absolute atomic E-state index is 6.02. The number of methoxy groups -OCH3 is 1. The first-order valence-corrected chi connectivity index (χ1v) is 8.60. The fourth-order valence-electron chi connectivity index (χ4n) is 2.99. The normalized spacial score (nSPS) is 13.6. The molecule has 0 saturated heterocycles. The molecule has 1 aliphatic heterocycles. The summed E-state index contributed by atoms with van der Waals surface area (Å²) < 4.78 is 27.7. The molecule has 1 aromatic heterocycles. The van der Waals surface area contributed by atoms with Gasteiger partial charge in [-0.2, -0.15) is 4.98 Å². The van der Waals surface area contributed by atoms with Crippen molar-refractivity contribution in [1.29, 1.82) is 0 Å². The molecule has 0 aliphatic carbocycles. The van der Waals surface area contributed by atoms with Crippen molar-refractivity contribution < 1.29 is 23.7 Å². The Balaban J connectivity index is 1.59. The number of anilines is 2. The standard InChI is InChI=1S/C19H20N4O5/c1-24-9-26-16(11-5-6-13-15(7-11)28-10-27-13)8-25-14-4-2-3-12-17(14)18(20)23-19(21)22-12/h2-7,16H,8-10H2,1H3,(H4,20,21,22,23). The molecule has 9 heteroatoms. The van der Waals surface area contributed by atoms with Gasteiger partial charge in [0.15, 0.2) is 11.5 Å².